The molecule has 1 aromatic heterocycles. The highest BCUT2D eigenvalue weighted by Gasteiger charge is 2.09. The summed E-state index contributed by atoms with van der Waals surface area (Å²) in [6.45, 7) is 0.0264. The summed E-state index contributed by atoms with van der Waals surface area (Å²) in [6.07, 6.45) is -0.572. The number of carbonyl (C=O) groups is 1. The first-order valence-corrected chi connectivity index (χ1v) is 7.40. The standard InChI is InChI=1S/C17H14N4O4/c22-17(18-13-4-2-1-3-5-13)25-11-14-10-16(20-19-14)12-6-8-15(9-7-12)21(23)24/h1-10H,11H2,(H,18,22)(H,19,20). The summed E-state index contributed by atoms with van der Waals surface area (Å²) in [7, 11) is 0. The Bertz CT molecular complexity index is 875. The molecule has 2 aromatic carbocycles. The number of aromatic amines is 1. The van der Waals surface area contributed by atoms with Crippen LogP contribution in [-0.2, 0) is 11.3 Å². The zero-order valence-corrected chi connectivity index (χ0v) is 13.0. The van der Waals surface area contributed by atoms with Crippen LogP contribution in [-0.4, -0.2) is 21.2 Å². The molecule has 0 atom stereocenters. The number of nitrogens with zero attached hydrogens (tertiary/aromatic N) is 2. The Kier molecular flexibility index (Phi) is 4.70. The average molecular weight is 338 g/mol. The molecule has 1 heterocycles. The second-order valence-corrected chi connectivity index (χ2v) is 5.15. The monoisotopic (exact) mass is 338 g/mol. The lowest BCUT2D eigenvalue weighted by Gasteiger charge is -2.05. The number of aromatic nitrogens is 2. The lowest BCUT2D eigenvalue weighted by Crippen LogP contribution is -2.13. The van der Waals surface area contributed by atoms with E-state index in [0.29, 0.717) is 17.1 Å². The number of hydrogen-bond donors (Lipinski definition) is 2. The van der Waals surface area contributed by atoms with Crippen LogP contribution in [0.25, 0.3) is 11.3 Å². The van der Waals surface area contributed by atoms with E-state index in [9.17, 15) is 14.9 Å². The number of non-ortho nitro benzene ring substituents is 1. The maximum atomic E-state index is 11.7. The Balaban J connectivity index is 1.58. The van der Waals surface area contributed by atoms with Crippen molar-refractivity contribution in [3.05, 3.63) is 76.5 Å². The van der Waals surface area contributed by atoms with E-state index >= 15 is 0 Å². The predicted octanol–water partition coefficient (Wildman–Crippen LogP) is 3.73. The first-order valence-electron chi connectivity index (χ1n) is 7.40. The van der Waals surface area contributed by atoms with Crippen molar-refractivity contribution in [2.75, 3.05) is 5.32 Å². The van der Waals surface area contributed by atoms with Crippen molar-refractivity contribution < 1.29 is 14.5 Å². The van der Waals surface area contributed by atoms with Gasteiger partial charge in [0.25, 0.3) is 5.69 Å². The van der Waals surface area contributed by atoms with Crippen LogP contribution >= 0.6 is 0 Å². The highest BCUT2D eigenvalue weighted by molar-refractivity contribution is 5.84. The number of nitro benzene ring substituents is 1. The Morgan fingerprint density at radius 1 is 1.16 bits per heavy atom. The average Bonchev–Trinajstić information content (AvgIpc) is 3.10. The molecule has 3 rings (SSSR count). The molecule has 0 bridgehead atoms. The molecule has 8 heteroatoms. The van der Waals surface area contributed by atoms with E-state index in [1.807, 2.05) is 6.07 Å². The zero-order valence-electron chi connectivity index (χ0n) is 13.0. The normalized spacial score (nSPS) is 10.2. The number of ether oxygens (including phenoxy) is 1. The molecule has 25 heavy (non-hydrogen) atoms. The zero-order chi connectivity index (χ0) is 17.6. The van der Waals surface area contributed by atoms with E-state index in [0.717, 1.165) is 5.56 Å². The fourth-order valence-electron chi connectivity index (χ4n) is 2.16. The second-order valence-electron chi connectivity index (χ2n) is 5.15. The molecule has 126 valence electrons. The Morgan fingerprint density at radius 3 is 2.56 bits per heavy atom. The van der Waals surface area contributed by atoms with Crippen LogP contribution < -0.4 is 5.32 Å². The number of nitro groups is 1. The molecule has 0 saturated heterocycles. The molecule has 0 aliphatic carbocycles. The first-order chi connectivity index (χ1) is 12.1. The minimum absolute atomic E-state index is 0.0143. The summed E-state index contributed by atoms with van der Waals surface area (Å²) >= 11 is 0. The van der Waals surface area contributed by atoms with Crippen LogP contribution in [0, 0.1) is 10.1 Å². The van der Waals surface area contributed by atoms with Crippen LogP contribution in [0.4, 0.5) is 16.2 Å². The molecular weight excluding hydrogens is 324 g/mol. The maximum Gasteiger partial charge on any atom is 0.412 e. The van der Waals surface area contributed by atoms with Crippen molar-refractivity contribution in [1.82, 2.24) is 10.2 Å². The number of rotatable bonds is 5. The summed E-state index contributed by atoms with van der Waals surface area (Å²) in [5.41, 5.74) is 2.60. The van der Waals surface area contributed by atoms with Gasteiger partial charge in [0.05, 0.1) is 16.3 Å². The Labute approximate surface area is 142 Å². The summed E-state index contributed by atoms with van der Waals surface area (Å²) in [4.78, 5) is 21.9. The smallest absolute Gasteiger partial charge is 0.412 e. The Morgan fingerprint density at radius 2 is 1.88 bits per heavy atom. The van der Waals surface area contributed by atoms with Gasteiger partial charge in [-0.15, -0.1) is 0 Å². The third-order valence-electron chi connectivity index (χ3n) is 3.38. The molecule has 0 fully saturated rings. The number of carbonyl (C=O) groups excluding carboxylic acids is 1. The fourth-order valence-corrected chi connectivity index (χ4v) is 2.16. The minimum Gasteiger partial charge on any atom is -0.443 e. The van der Waals surface area contributed by atoms with E-state index in [4.69, 9.17) is 4.74 Å². The van der Waals surface area contributed by atoms with Gasteiger partial charge < -0.3 is 4.74 Å². The largest absolute Gasteiger partial charge is 0.443 e. The minimum atomic E-state index is -0.572. The molecule has 0 aliphatic heterocycles. The molecule has 2 N–H and O–H groups in total. The van der Waals surface area contributed by atoms with Crippen molar-refractivity contribution in [2.45, 2.75) is 6.61 Å². The fraction of sp³-hybridized carbons (Fsp3) is 0.0588. The third-order valence-corrected chi connectivity index (χ3v) is 3.38. The molecular formula is C17H14N4O4. The number of amides is 1. The molecule has 0 aliphatic rings. The van der Waals surface area contributed by atoms with Gasteiger partial charge in [-0.05, 0) is 30.3 Å². The van der Waals surface area contributed by atoms with E-state index in [-0.39, 0.29) is 12.3 Å². The van der Waals surface area contributed by atoms with Gasteiger partial charge in [-0.1, -0.05) is 18.2 Å². The van der Waals surface area contributed by atoms with Gasteiger partial charge in [-0.3, -0.25) is 20.5 Å². The molecule has 8 nitrogen and oxygen atoms in total. The summed E-state index contributed by atoms with van der Waals surface area (Å²) < 4.78 is 5.12. The topological polar surface area (TPSA) is 110 Å². The molecule has 3 aromatic rings. The van der Waals surface area contributed by atoms with Gasteiger partial charge in [0.15, 0.2) is 0 Å². The van der Waals surface area contributed by atoms with E-state index in [2.05, 4.69) is 15.5 Å². The third kappa shape index (κ3) is 4.20. The number of nitrogens with one attached hydrogen (secondary N) is 2. The Hall–Kier alpha value is -3.68. The molecule has 0 saturated carbocycles. The summed E-state index contributed by atoms with van der Waals surface area (Å²) in [5, 5.41) is 20.2. The molecule has 1 amide bonds. The van der Waals surface area contributed by atoms with Gasteiger partial charge in [-0.25, -0.2) is 4.79 Å². The summed E-state index contributed by atoms with van der Waals surface area (Å²) in [6, 6.07) is 16.7. The number of para-hydroxylation sites is 1. The van der Waals surface area contributed by atoms with Crippen molar-refractivity contribution in [1.29, 1.82) is 0 Å². The van der Waals surface area contributed by atoms with Gasteiger partial charge in [-0.2, -0.15) is 5.10 Å². The van der Waals surface area contributed by atoms with Crippen molar-refractivity contribution in [3.8, 4) is 11.3 Å². The van der Waals surface area contributed by atoms with Crippen molar-refractivity contribution in [3.63, 3.8) is 0 Å². The van der Waals surface area contributed by atoms with Crippen LogP contribution in [0.15, 0.2) is 60.7 Å². The number of anilines is 1. The quantitative estimate of drug-likeness (QED) is 0.544. The SMILES string of the molecule is O=C(Nc1ccccc1)OCc1cc(-c2ccc([N+](=O)[O-])cc2)n[nH]1. The molecule has 0 spiro atoms. The van der Waals surface area contributed by atoms with Crippen molar-refractivity contribution in [2.24, 2.45) is 0 Å². The highest BCUT2D eigenvalue weighted by Crippen LogP contribution is 2.21. The van der Waals surface area contributed by atoms with E-state index in [1.165, 1.54) is 12.1 Å². The lowest BCUT2D eigenvalue weighted by atomic mass is 10.1. The van der Waals surface area contributed by atoms with Crippen LogP contribution in [0.5, 0.6) is 0 Å². The maximum absolute atomic E-state index is 11.7. The van der Waals surface area contributed by atoms with Crippen LogP contribution in [0.2, 0.25) is 0 Å². The van der Waals surface area contributed by atoms with E-state index in [1.54, 1.807) is 42.5 Å². The van der Waals surface area contributed by atoms with Gasteiger partial charge >= 0.3 is 6.09 Å². The molecule has 0 radical (unpaired) electrons. The van der Waals surface area contributed by atoms with Crippen molar-refractivity contribution >= 4 is 17.5 Å². The van der Waals surface area contributed by atoms with E-state index < -0.39 is 11.0 Å². The number of benzene rings is 2. The lowest BCUT2D eigenvalue weighted by molar-refractivity contribution is -0.384. The first kappa shape index (κ1) is 16.2. The van der Waals surface area contributed by atoms with Crippen LogP contribution in [0.3, 0.4) is 0 Å². The highest BCUT2D eigenvalue weighted by atomic mass is 16.6. The predicted molar refractivity (Wildman–Crippen MR) is 90.9 cm³/mol. The molecule has 0 unspecified atom stereocenters. The van der Waals surface area contributed by atoms with Gasteiger partial charge in [0.2, 0.25) is 0 Å². The van der Waals surface area contributed by atoms with Gasteiger partial charge in [0.1, 0.15) is 6.61 Å². The van der Waals surface area contributed by atoms with Gasteiger partial charge in [0, 0.05) is 23.4 Å². The summed E-state index contributed by atoms with van der Waals surface area (Å²) in [5.74, 6) is 0. The second kappa shape index (κ2) is 7.26. The van der Waals surface area contributed by atoms with Crippen LogP contribution in [0.1, 0.15) is 5.69 Å². The number of H-pyrrole nitrogens is 1. The number of hydrogen-bond acceptors (Lipinski definition) is 5.